The third kappa shape index (κ3) is 4.79. The van der Waals surface area contributed by atoms with Crippen molar-refractivity contribution in [1.82, 2.24) is 0 Å². The normalized spacial score (nSPS) is 12.0. The second kappa shape index (κ2) is 7.33. The molecule has 2 aromatic carbocycles. The van der Waals surface area contributed by atoms with Crippen LogP contribution in [0.4, 0.5) is 14.5 Å². The predicted molar refractivity (Wildman–Crippen MR) is 81.9 cm³/mol. The molecular weight excluding hydrogens is 310 g/mol. The van der Waals surface area contributed by atoms with Crippen LogP contribution in [-0.2, 0) is 11.3 Å². The lowest BCUT2D eigenvalue weighted by Gasteiger charge is -2.14. The summed E-state index contributed by atoms with van der Waals surface area (Å²) >= 11 is 5.66. The van der Waals surface area contributed by atoms with Crippen LogP contribution in [0.5, 0.6) is 0 Å². The van der Waals surface area contributed by atoms with Gasteiger partial charge >= 0.3 is 0 Å². The molecule has 1 amide bonds. The second-order valence-electron chi connectivity index (χ2n) is 5.11. The van der Waals surface area contributed by atoms with Crippen molar-refractivity contribution in [3.63, 3.8) is 0 Å². The van der Waals surface area contributed by atoms with E-state index in [1.54, 1.807) is 12.1 Å². The van der Waals surface area contributed by atoms with E-state index in [4.69, 9.17) is 11.6 Å². The molecule has 0 radical (unpaired) electrons. The van der Waals surface area contributed by atoms with Crippen LogP contribution >= 0.6 is 11.6 Å². The molecule has 0 spiro atoms. The number of hydrogen-bond donors (Lipinski definition) is 2. The van der Waals surface area contributed by atoms with Gasteiger partial charge in [-0.1, -0.05) is 23.7 Å². The number of quaternary nitrogens is 1. The van der Waals surface area contributed by atoms with Gasteiger partial charge in [0.1, 0.15) is 18.2 Å². The van der Waals surface area contributed by atoms with Gasteiger partial charge in [-0.25, -0.2) is 8.78 Å². The van der Waals surface area contributed by atoms with Crippen LogP contribution in [-0.4, -0.2) is 19.5 Å². The fourth-order valence-corrected chi connectivity index (χ4v) is 2.25. The van der Waals surface area contributed by atoms with E-state index < -0.39 is 5.82 Å². The smallest absolute Gasteiger partial charge is 0.279 e. The average Bonchev–Trinajstić information content (AvgIpc) is 2.45. The Hall–Kier alpha value is -1.98. The molecule has 6 heteroatoms. The maximum atomic E-state index is 13.0. The van der Waals surface area contributed by atoms with Crippen LogP contribution in [0.15, 0.2) is 42.5 Å². The number of rotatable bonds is 5. The van der Waals surface area contributed by atoms with Gasteiger partial charge in [-0.05, 0) is 30.3 Å². The first-order valence-electron chi connectivity index (χ1n) is 6.74. The molecule has 2 rings (SSSR count). The lowest BCUT2D eigenvalue weighted by Crippen LogP contribution is -3.08. The molecule has 0 aliphatic rings. The van der Waals surface area contributed by atoms with E-state index in [9.17, 15) is 13.6 Å². The summed E-state index contributed by atoms with van der Waals surface area (Å²) in [5.41, 5.74) is 1.39. The van der Waals surface area contributed by atoms with Crippen molar-refractivity contribution < 1.29 is 18.5 Å². The standard InChI is InChI=1S/C16H15ClF2N2O/c1-21(9-11-2-4-12(18)5-3-11)10-16(22)20-13-6-7-15(19)14(17)8-13/h2-8H,9-10H2,1H3,(H,20,22)/p+1. The summed E-state index contributed by atoms with van der Waals surface area (Å²) in [7, 11) is 1.86. The van der Waals surface area contributed by atoms with E-state index in [-0.39, 0.29) is 23.3 Å². The first-order chi connectivity index (χ1) is 10.4. The minimum Gasteiger partial charge on any atom is -0.326 e. The molecule has 22 heavy (non-hydrogen) atoms. The lowest BCUT2D eigenvalue weighted by atomic mass is 10.2. The van der Waals surface area contributed by atoms with Crippen molar-refractivity contribution in [2.24, 2.45) is 0 Å². The van der Waals surface area contributed by atoms with Gasteiger partial charge in [-0.15, -0.1) is 0 Å². The molecule has 0 saturated heterocycles. The summed E-state index contributed by atoms with van der Waals surface area (Å²) in [5, 5.41) is 2.63. The molecule has 0 aliphatic carbocycles. The second-order valence-corrected chi connectivity index (χ2v) is 5.52. The van der Waals surface area contributed by atoms with Gasteiger partial charge in [-0.3, -0.25) is 4.79 Å². The first-order valence-corrected chi connectivity index (χ1v) is 7.12. The molecule has 3 nitrogen and oxygen atoms in total. The van der Waals surface area contributed by atoms with E-state index in [1.165, 1.54) is 30.3 Å². The molecule has 116 valence electrons. The monoisotopic (exact) mass is 325 g/mol. The summed E-state index contributed by atoms with van der Waals surface area (Å²) in [4.78, 5) is 12.9. The lowest BCUT2D eigenvalue weighted by molar-refractivity contribution is -0.885. The van der Waals surface area contributed by atoms with Gasteiger partial charge in [0, 0.05) is 11.3 Å². The quantitative estimate of drug-likeness (QED) is 0.869. The molecule has 1 atom stereocenters. The van der Waals surface area contributed by atoms with Crippen LogP contribution in [0, 0.1) is 11.6 Å². The van der Waals surface area contributed by atoms with E-state index in [0.29, 0.717) is 12.2 Å². The zero-order valence-corrected chi connectivity index (χ0v) is 12.8. The van der Waals surface area contributed by atoms with Crippen molar-refractivity contribution >= 4 is 23.2 Å². The van der Waals surface area contributed by atoms with Crippen LogP contribution < -0.4 is 10.2 Å². The summed E-state index contributed by atoms with van der Waals surface area (Å²) in [6.07, 6.45) is 0. The van der Waals surface area contributed by atoms with Crippen molar-refractivity contribution in [3.05, 3.63) is 64.7 Å². The van der Waals surface area contributed by atoms with Crippen molar-refractivity contribution in [2.45, 2.75) is 6.54 Å². The highest BCUT2D eigenvalue weighted by atomic mass is 35.5. The number of carbonyl (C=O) groups is 1. The van der Waals surface area contributed by atoms with Gasteiger partial charge in [0.05, 0.1) is 12.1 Å². The number of nitrogens with one attached hydrogen (secondary N) is 2. The van der Waals surface area contributed by atoms with E-state index in [0.717, 1.165) is 10.5 Å². The van der Waals surface area contributed by atoms with Gasteiger partial charge in [0.15, 0.2) is 6.54 Å². The van der Waals surface area contributed by atoms with Crippen molar-refractivity contribution in [1.29, 1.82) is 0 Å². The first kappa shape index (κ1) is 16.4. The van der Waals surface area contributed by atoms with Gasteiger partial charge < -0.3 is 10.2 Å². The molecular formula is C16H16ClF2N2O+. The maximum Gasteiger partial charge on any atom is 0.279 e. The van der Waals surface area contributed by atoms with E-state index in [1.807, 2.05) is 7.05 Å². The summed E-state index contributed by atoms with van der Waals surface area (Å²) in [6, 6.07) is 10.2. The van der Waals surface area contributed by atoms with Crippen LogP contribution in [0.1, 0.15) is 5.56 Å². The van der Waals surface area contributed by atoms with Crippen LogP contribution in [0.2, 0.25) is 5.02 Å². The zero-order chi connectivity index (χ0) is 16.1. The van der Waals surface area contributed by atoms with E-state index in [2.05, 4.69) is 5.32 Å². The predicted octanol–water partition coefficient (Wildman–Crippen LogP) is 2.27. The number of likely N-dealkylation sites (N-methyl/N-ethyl adjacent to an activating group) is 1. The molecule has 0 aromatic heterocycles. The summed E-state index contributed by atoms with van der Waals surface area (Å²) < 4.78 is 25.9. The Kier molecular flexibility index (Phi) is 5.46. The van der Waals surface area contributed by atoms with Crippen molar-refractivity contribution in [2.75, 3.05) is 18.9 Å². The molecule has 0 heterocycles. The largest absolute Gasteiger partial charge is 0.326 e. The summed E-state index contributed by atoms with van der Waals surface area (Å²) in [5.74, 6) is -1.02. The van der Waals surface area contributed by atoms with Crippen molar-refractivity contribution in [3.8, 4) is 0 Å². The van der Waals surface area contributed by atoms with Gasteiger partial charge in [0.25, 0.3) is 5.91 Å². The molecule has 0 aliphatic heterocycles. The van der Waals surface area contributed by atoms with Crippen LogP contribution in [0.3, 0.4) is 0 Å². The number of benzene rings is 2. The molecule has 2 aromatic rings. The van der Waals surface area contributed by atoms with Gasteiger partial charge in [-0.2, -0.15) is 0 Å². The van der Waals surface area contributed by atoms with E-state index >= 15 is 0 Å². The fraction of sp³-hybridized carbons (Fsp3) is 0.188. The number of anilines is 1. The molecule has 0 saturated carbocycles. The van der Waals surface area contributed by atoms with Gasteiger partial charge in [0.2, 0.25) is 0 Å². The molecule has 0 bridgehead atoms. The SMILES string of the molecule is C[NH+](CC(=O)Nc1ccc(F)c(Cl)c1)Cc1ccc(F)cc1. The third-order valence-corrected chi connectivity index (χ3v) is 3.37. The summed E-state index contributed by atoms with van der Waals surface area (Å²) in [6.45, 7) is 0.824. The Morgan fingerprint density at radius 2 is 1.86 bits per heavy atom. The Morgan fingerprint density at radius 1 is 1.18 bits per heavy atom. The minimum absolute atomic E-state index is 0.0372. The Balaban J connectivity index is 1.88. The molecule has 0 fully saturated rings. The third-order valence-electron chi connectivity index (χ3n) is 3.08. The maximum absolute atomic E-state index is 13.0. The number of carbonyl (C=O) groups excluding carboxylic acids is 1. The number of amides is 1. The Bertz CT molecular complexity index is 662. The highest BCUT2D eigenvalue weighted by Crippen LogP contribution is 2.19. The fourth-order valence-electron chi connectivity index (χ4n) is 2.07. The number of halogens is 3. The Labute approximate surface area is 132 Å². The zero-order valence-electron chi connectivity index (χ0n) is 12.0. The number of hydrogen-bond acceptors (Lipinski definition) is 1. The Morgan fingerprint density at radius 3 is 2.50 bits per heavy atom. The topological polar surface area (TPSA) is 33.5 Å². The highest BCUT2D eigenvalue weighted by molar-refractivity contribution is 6.31. The highest BCUT2D eigenvalue weighted by Gasteiger charge is 2.11. The molecule has 1 unspecified atom stereocenters. The minimum atomic E-state index is -0.529. The van der Waals surface area contributed by atoms with Crippen LogP contribution in [0.25, 0.3) is 0 Å². The average molecular weight is 326 g/mol. The molecule has 2 N–H and O–H groups in total.